The van der Waals surface area contributed by atoms with E-state index in [1.54, 1.807) is 12.1 Å². The Hall–Kier alpha value is -0.290. The topological polar surface area (TPSA) is 21.3 Å². The first kappa shape index (κ1) is 15.6. The SMILES string of the molecule is CNC(c1c(F)cccc1Cl)C1CCOC2(CCSC2)C1. The monoisotopic (exact) mass is 329 g/mol. The average Bonchev–Trinajstić information content (AvgIpc) is 2.91. The van der Waals surface area contributed by atoms with Gasteiger partial charge in [0.25, 0.3) is 0 Å². The van der Waals surface area contributed by atoms with Crippen LogP contribution in [0.1, 0.15) is 30.9 Å². The van der Waals surface area contributed by atoms with Crippen LogP contribution in [0.5, 0.6) is 0 Å². The highest BCUT2D eigenvalue weighted by molar-refractivity contribution is 7.99. The van der Waals surface area contributed by atoms with E-state index in [-0.39, 0.29) is 17.5 Å². The van der Waals surface area contributed by atoms with Crippen LogP contribution in [-0.2, 0) is 4.74 Å². The van der Waals surface area contributed by atoms with Gasteiger partial charge >= 0.3 is 0 Å². The molecule has 0 aromatic heterocycles. The molecule has 116 valence electrons. The van der Waals surface area contributed by atoms with Gasteiger partial charge in [-0.3, -0.25) is 0 Å². The predicted octanol–water partition coefficient (Wildman–Crippen LogP) is 4.04. The summed E-state index contributed by atoms with van der Waals surface area (Å²) in [5.74, 6) is 2.36. The summed E-state index contributed by atoms with van der Waals surface area (Å²) >= 11 is 8.22. The molecule has 0 aliphatic carbocycles. The van der Waals surface area contributed by atoms with Crippen LogP contribution in [0, 0.1) is 11.7 Å². The highest BCUT2D eigenvalue weighted by atomic mass is 35.5. The van der Waals surface area contributed by atoms with Crippen LogP contribution in [0.15, 0.2) is 18.2 Å². The molecule has 5 heteroatoms. The molecule has 2 aliphatic rings. The molecule has 0 amide bonds. The lowest BCUT2D eigenvalue weighted by atomic mass is 9.79. The Morgan fingerprint density at radius 2 is 2.38 bits per heavy atom. The fourth-order valence-electron chi connectivity index (χ4n) is 3.64. The summed E-state index contributed by atoms with van der Waals surface area (Å²) in [5, 5.41) is 3.80. The summed E-state index contributed by atoms with van der Waals surface area (Å²) in [6.45, 7) is 0.759. The lowest BCUT2D eigenvalue weighted by molar-refractivity contribution is -0.0852. The third-order valence-electron chi connectivity index (χ3n) is 4.69. The average molecular weight is 330 g/mol. The molecule has 1 aromatic carbocycles. The Labute approximate surface area is 134 Å². The predicted molar refractivity (Wildman–Crippen MR) is 86.6 cm³/mol. The highest BCUT2D eigenvalue weighted by Crippen LogP contribution is 2.45. The number of rotatable bonds is 3. The number of ether oxygens (including phenoxy) is 1. The van der Waals surface area contributed by atoms with E-state index in [1.807, 2.05) is 18.8 Å². The fourth-order valence-corrected chi connectivity index (χ4v) is 5.30. The van der Waals surface area contributed by atoms with Crippen molar-refractivity contribution in [2.45, 2.75) is 30.9 Å². The Bertz CT molecular complexity index is 487. The molecule has 0 bridgehead atoms. The molecule has 0 radical (unpaired) electrons. The first-order valence-corrected chi connectivity index (χ1v) is 9.01. The molecule has 21 heavy (non-hydrogen) atoms. The van der Waals surface area contributed by atoms with E-state index in [4.69, 9.17) is 16.3 Å². The van der Waals surface area contributed by atoms with Gasteiger partial charge < -0.3 is 10.1 Å². The molecule has 2 fully saturated rings. The number of hydrogen-bond acceptors (Lipinski definition) is 3. The Kier molecular flexibility index (Phi) is 4.79. The zero-order chi connectivity index (χ0) is 14.9. The molecule has 0 saturated carbocycles. The molecular weight excluding hydrogens is 309 g/mol. The zero-order valence-electron chi connectivity index (χ0n) is 12.2. The van der Waals surface area contributed by atoms with Crippen LogP contribution in [-0.4, -0.2) is 30.8 Å². The van der Waals surface area contributed by atoms with Crippen LogP contribution < -0.4 is 5.32 Å². The molecule has 3 rings (SSSR count). The highest BCUT2D eigenvalue weighted by Gasteiger charge is 2.43. The smallest absolute Gasteiger partial charge is 0.129 e. The molecule has 2 saturated heterocycles. The van der Waals surface area contributed by atoms with E-state index < -0.39 is 0 Å². The first-order chi connectivity index (χ1) is 10.2. The number of halogens is 2. The number of nitrogens with one attached hydrogen (secondary N) is 1. The van der Waals surface area contributed by atoms with E-state index in [9.17, 15) is 4.39 Å². The van der Waals surface area contributed by atoms with Crippen molar-refractivity contribution in [3.8, 4) is 0 Å². The lowest BCUT2D eigenvalue weighted by Crippen LogP contribution is -2.43. The number of benzene rings is 1. The zero-order valence-corrected chi connectivity index (χ0v) is 13.8. The van der Waals surface area contributed by atoms with E-state index in [0.29, 0.717) is 16.5 Å². The van der Waals surface area contributed by atoms with Gasteiger partial charge in [0.2, 0.25) is 0 Å². The minimum absolute atomic E-state index is 0.000413. The summed E-state index contributed by atoms with van der Waals surface area (Å²) < 4.78 is 20.3. The third-order valence-corrected chi connectivity index (χ3v) is 6.24. The molecule has 1 spiro atoms. The number of hydrogen-bond donors (Lipinski definition) is 1. The Morgan fingerprint density at radius 1 is 1.52 bits per heavy atom. The van der Waals surface area contributed by atoms with Gasteiger partial charge in [0.15, 0.2) is 0 Å². The van der Waals surface area contributed by atoms with Crippen LogP contribution >= 0.6 is 23.4 Å². The van der Waals surface area contributed by atoms with E-state index in [0.717, 1.165) is 37.4 Å². The van der Waals surface area contributed by atoms with Crippen LogP contribution in [0.4, 0.5) is 4.39 Å². The van der Waals surface area contributed by atoms with Gasteiger partial charge in [-0.25, -0.2) is 4.39 Å². The maximum Gasteiger partial charge on any atom is 0.129 e. The maximum absolute atomic E-state index is 14.3. The molecule has 2 nitrogen and oxygen atoms in total. The van der Waals surface area contributed by atoms with Gasteiger partial charge in [0, 0.05) is 29.0 Å². The van der Waals surface area contributed by atoms with Gasteiger partial charge in [-0.1, -0.05) is 17.7 Å². The minimum Gasteiger partial charge on any atom is -0.374 e. The van der Waals surface area contributed by atoms with Crippen molar-refractivity contribution in [3.63, 3.8) is 0 Å². The second-order valence-electron chi connectivity index (χ2n) is 5.99. The summed E-state index contributed by atoms with van der Waals surface area (Å²) in [6, 6.07) is 4.87. The third kappa shape index (κ3) is 3.09. The van der Waals surface area contributed by atoms with Crippen molar-refractivity contribution < 1.29 is 9.13 Å². The van der Waals surface area contributed by atoms with Crippen molar-refractivity contribution >= 4 is 23.4 Å². The van der Waals surface area contributed by atoms with E-state index in [2.05, 4.69) is 5.32 Å². The normalized spacial score (nSPS) is 30.7. The van der Waals surface area contributed by atoms with E-state index >= 15 is 0 Å². The van der Waals surface area contributed by atoms with Gasteiger partial charge in [-0.2, -0.15) is 11.8 Å². The van der Waals surface area contributed by atoms with Crippen molar-refractivity contribution in [2.24, 2.45) is 5.92 Å². The Morgan fingerprint density at radius 3 is 3.05 bits per heavy atom. The van der Waals surface area contributed by atoms with Crippen molar-refractivity contribution in [2.75, 3.05) is 25.2 Å². The standard InChI is InChI=1S/C16H21ClFNOS/c1-19-15(14-12(17)3-2-4-13(14)18)11-5-7-20-16(9-11)6-8-21-10-16/h2-4,11,15,19H,5-10H2,1H3. The van der Waals surface area contributed by atoms with Crippen molar-refractivity contribution in [3.05, 3.63) is 34.6 Å². The summed E-state index contributed by atoms with van der Waals surface area (Å²) in [5.41, 5.74) is 0.606. The molecule has 3 unspecified atom stereocenters. The van der Waals surface area contributed by atoms with Crippen molar-refractivity contribution in [1.29, 1.82) is 0 Å². The van der Waals surface area contributed by atoms with Crippen LogP contribution in [0.2, 0.25) is 5.02 Å². The largest absolute Gasteiger partial charge is 0.374 e. The first-order valence-electron chi connectivity index (χ1n) is 7.48. The molecule has 2 heterocycles. The summed E-state index contributed by atoms with van der Waals surface area (Å²) in [7, 11) is 1.89. The van der Waals surface area contributed by atoms with Crippen LogP contribution in [0.25, 0.3) is 0 Å². The molecule has 1 N–H and O–H groups in total. The van der Waals surface area contributed by atoms with Gasteiger partial charge in [-0.15, -0.1) is 0 Å². The lowest BCUT2D eigenvalue weighted by Gasteiger charge is -2.41. The number of thioether (sulfide) groups is 1. The summed E-state index contributed by atoms with van der Waals surface area (Å²) in [4.78, 5) is 0. The minimum atomic E-state index is -0.219. The fraction of sp³-hybridized carbons (Fsp3) is 0.625. The quantitative estimate of drug-likeness (QED) is 0.904. The second-order valence-corrected chi connectivity index (χ2v) is 7.50. The van der Waals surface area contributed by atoms with Gasteiger partial charge in [0.1, 0.15) is 5.82 Å². The van der Waals surface area contributed by atoms with Crippen LogP contribution in [0.3, 0.4) is 0 Å². The molecular formula is C16H21ClFNOS. The molecule has 1 aromatic rings. The Balaban J connectivity index is 1.86. The molecule has 2 aliphatic heterocycles. The van der Waals surface area contributed by atoms with Crippen molar-refractivity contribution in [1.82, 2.24) is 5.32 Å². The maximum atomic E-state index is 14.3. The van der Waals surface area contributed by atoms with Gasteiger partial charge in [-0.05, 0) is 50.1 Å². The van der Waals surface area contributed by atoms with Gasteiger partial charge in [0.05, 0.1) is 5.60 Å². The molecule has 3 atom stereocenters. The second kappa shape index (κ2) is 6.45. The summed E-state index contributed by atoms with van der Waals surface area (Å²) in [6.07, 6.45) is 3.04. The van der Waals surface area contributed by atoms with E-state index in [1.165, 1.54) is 6.07 Å².